The average Bonchev–Trinajstić information content (AvgIpc) is 2.30. The number of carboxylic acid groups (broad SMARTS) is 2. The van der Waals surface area contributed by atoms with E-state index in [4.69, 9.17) is 19.7 Å². The van der Waals surface area contributed by atoms with E-state index >= 15 is 0 Å². The summed E-state index contributed by atoms with van der Waals surface area (Å²) in [6.45, 7) is -0.438. The highest BCUT2D eigenvalue weighted by atomic mass is 16.5. The van der Waals surface area contributed by atoms with Crippen LogP contribution in [0.25, 0.3) is 0 Å². The summed E-state index contributed by atoms with van der Waals surface area (Å²) in [5, 5.41) is 16.9. The van der Waals surface area contributed by atoms with Crippen molar-refractivity contribution in [3.63, 3.8) is 0 Å². The summed E-state index contributed by atoms with van der Waals surface area (Å²) in [5.74, 6) is -2.07. The second kappa shape index (κ2) is 7.41. The lowest BCUT2D eigenvalue weighted by Gasteiger charge is -2.09. The van der Waals surface area contributed by atoms with Crippen molar-refractivity contribution < 1.29 is 29.3 Å². The van der Waals surface area contributed by atoms with Gasteiger partial charge in [0, 0.05) is 0 Å². The van der Waals surface area contributed by atoms with Gasteiger partial charge in [0.15, 0.2) is 0 Å². The van der Waals surface area contributed by atoms with E-state index < -0.39 is 11.9 Å². The third kappa shape index (κ3) is 5.42. The van der Waals surface area contributed by atoms with Gasteiger partial charge in [0.2, 0.25) is 0 Å². The van der Waals surface area contributed by atoms with Gasteiger partial charge in [-0.25, -0.2) is 9.59 Å². The van der Waals surface area contributed by atoms with Gasteiger partial charge in [-0.15, -0.1) is 0 Å². The Labute approximate surface area is 104 Å². The minimum Gasteiger partial charge on any atom is -0.480 e. The molecule has 0 aromatic heterocycles. The fourth-order valence-corrected chi connectivity index (χ4v) is 1.34. The van der Waals surface area contributed by atoms with Crippen molar-refractivity contribution in [3.8, 4) is 0 Å². The van der Waals surface area contributed by atoms with Gasteiger partial charge in [0.05, 0.1) is 13.2 Å². The molecule has 1 aromatic carbocycles. The van der Waals surface area contributed by atoms with Crippen LogP contribution in [0.15, 0.2) is 24.3 Å². The topological polar surface area (TPSA) is 93.1 Å². The number of benzene rings is 1. The van der Waals surface area contributed by atoms with Gasteiger partial charge in [-0.2, -0.15) is 0 Å². The highest BCUT2D eigenvalue weighted by Gasteiger charge is 2.05. The van der Waals surface area contributed by atoms with E-state index in [1.807, 2.05) is 0 Å². The van der Waals surface area contributed by atoms with Crippen LogP contribution in [-0.2, 0) is 32.3 Å². The molecular formula is C12H14O6. The maximum atomic E-state index is 10.3. The van der Waals surface area contributed by atoms with Crippen LogP contribution in [0, 0.1) is 0 Å². The van der Waals surface area contributed by atoms with Crippen LogP contribution < -0.4 is 0 Å². The third-order valence-corrected chi connectivity index (χ3v) is 2.08. The molecule has 98 valence electrons. The fraction of sp³-hybridized carbons (Fsp3) is 0.333. The Morgan fingerprint density at radius 2 is 1.28 bits per heavy atom. The molecular weight excluding hydrogens is 240 g/mol. The molecule has 0 unspecified atom stereocenters. The van der Waals surface area contributed by atoms with Crippen LogP contribution in [0.3, 0.4) is 0 Å². The number of aliphatic carboxylic acids is 2. The highest BCUT2D eigenvalue weighted by molar-refractivity contribution is 5.68. The van der Waals surface area contributed by atoms with Crippen LogP contribution in [0.5, 0.6) is 0 Å². The Bertz CT molecular complexity index is 376. The number of carbonyl (C=O) groups is 2. The van der Waals surface area contributed by atoms with Crippen molar-refractivity contribution in [2.24, 2.45) is 0 Å². The van der Waals surface area contributed by atoms with Crippen LogP contribution in [0.4, 0.5) is 0 Å². The highest BCUT2D eigenvalue weighted by Crippen LogP contribution is 2.11. The second-order valence-corrected chi connectivity index (χ2v) is 3.54. The molecule has 0 amide bonds. The van der Waals surface area contributed by atoms with E-state index in [0.29, 0.717) is 0 Å². The van der Waals surface area contributed by atoms with E-state index in [1.54, 1.807) is 24.3 Å². The standard InChI is InChI=1S/C12H14O6/c13-11(14)7-17-5-9-3-1-2-4-10(9)6-18-8-12(15)16/h1-4H,5-8H2,(H,13,14)(H,15,16). The molecule has 1 aromatic rings. The summed E-state index contributed by atoms with van der Waals surface area (Å²) in [5.41, 5.74) is 1.56. The van der Waals surface area contributed by atoms with Crippen molar-refractivity contribution in [1.82, 2.24) is 0 Å². The first-order valence-electron chi connectivity index (χ1n) is 5.25. The summed E-state index contributed by atoms with van der Waals surface area (Å²) < 4.78 is 9.96. The predicted molar refractivity (Wildman–Crippen MR) is 61.0 cm³/mol. The summed E-state index contributed by atoms with van der Waals surface area (Å²) in [7, 11) is 0. The maximum Gasteiger partial charge on any atom is 0.329 e. The monoisotopic (exact) mass is 254 g/mol. The lowest BCUT2D eigenvalue weighted by Crippen LogP contribution is -2.10. The quantitative estimate of drug-likeness (QED) is 0.715. The van der Waals surface area contributed by atoms with Crippen LogP contribution in [0.2, 0.25) is 0 Å². The minimum absolute atomic E-state index is 0.152. The Kier molecular flexibility index (Phi) is 5.83. The van der Waals surface area contributed by atoms with E-state index in [2.05, 4.69) is 0 Å². The normalized spacial score (nSPS) is 10.2. The van der Waals surface area contributed by atoms with Gasteiger partial charge in [0.1, 0.15) is 13.2 Å². The number of rotatable bonds is 8. The molecule has 0 bridgehead atoms. The minimum atomic E-state index is -1.03. The Morgan fingerprint density at radius 1 is 0.889 bits per heavy atom. The zero-order chi connectivity index (χ0) is 13.4. The number of carboxylic acids is 2. The Morgan fingerprint density at radius 3 is 1.61 bits per heavy atom. The molecule has 6 heteroatoms. The fourth-order valence-electron chi connectivity index (χ4n) is 1.34. The lowest BCUT2D eigenvalue weighted by atomic mass is 10.1. The smallest absolute Gasteiger partial charge is 0.329 e. The Hall–Kier alpha value is -1.92. The van der Waals surface area contributed by atoms with Gasteiger partial charge in [-0.05, 0) is 11.1 Å². The molecule has 6 nitrogen and oxygen atoms in total. The molecule has 0 heterocycles. The van der Waals surface area contributed by atoms with Gasteiger partial charge < -0.3 is 19.7 Å². The van der Waals surface area contributed by atoms with E-state index in [0.717, 1.165) is 11.1 Å². The third-order valence-electron chi connectivity index (χ3n) is 2.08. The predicted octanol–water partition coefficient (Wildman–Crippen LogP) is 0.889. The van der Waals surface area contributed by atoms with E-state index in [9.17, 15) is 9.59 Å². The lowest BCUT2D eigenvalue weighted by molar-refractivity contribution is -0.143. The maximum absolute atomic E-state index is 10.3. The van der Waals surface area contributed by atoms with E-state index in [1.165, 1.54) is 0 Å². The average molecular weight is 254 g/mol. The molecule has 0 saturated carbocycles. The summed E-state index contributed by atoms with van der Waals surface area (Å²) >= 11 is 0. The first-order valence-corrected chi connectivity index (χ1v) is 5.25. The van der Waals surface area contributed by atoms with Gasteiger partial charge in [-0.3, -0.25) is 0 Å². The molecule has 0 saturated heterocycles. The van der Waals surface area contributed by atoms with Crippen molar-refractivity contribution in [2.75, 3.05) is 13.2 Å². The zero-order valence-electron chi connectivity index (χ0n) is 9.67. The van der Waals surface area contributed by atoms with E-state index in [-0.39, 0.29) is 26.4 Å². The van der Waals surface area contributed by atoms with Crippen molar-refractivity contribution in [3.05, 3.63) is 35.4 Å². The molecule has 0 aliphatic rings. The van der Waals surface area contributed by atoms with Gasteiger partial charge in [-0.1, -0.05) is 24.3 Å². The van der Waals surface area contributed by atoms with Crippen molar-refractivity contribution in [2.45, 2.75) is 13.2 Å². The number of hydrogen-bond donors (Lipinski definition) is 2. The summed E-state index contributed by atoms with van der Waals surface area (Å²) in [4.78, 5) is 20.6. The first-order chi connectivity index (χ1) is 8.59. The molecule has 2 N–H and O–H groups in total. The molecule has 0 aliphatic heterocycles. The molecule has 0 radical (unpaired) electrons. The second-order valence-electron chi connectivity index (χ2n) is 3.54. The van der Waals surface area contributed by atoms with Crippen LogP contribution >= 0.6 is 0 Å². The summed E-state index contributed by atoms with van der Waals surface area (Å²) in [6, 6.07) is 7.14. The molecule has 0 aliphatic carbocycles. The van der Waals surface area contributed by atoms with Crippen molar-refractivity contribution >= 4 is 11.9 Å². The molecule has 0 fully saturated rings. The zero-order valence-corrected chi connectivity index (χ0v) is 9.67. The SMILES string of the molecule is O=C(O)COCc1ccccc1COCC(=O)O. The molecule has 1 rings (SSSR count). The molecule has 0 spiro atoms. The first kappa shape index (κ1) is 14.1. The number of hydrogen-bond acceptors (Lipinski definition) is 4. The largest absolute Gasteiger partial charge is 0.480 e. The molecule has 18 heavy (non-hydrogen) atoms. The van der Waals surface area contributed by atoms with Crippen LogP contribution in [-0.4, -0.2) is 35.4 Å². The Balaban J connectivity index is 2.50. The number of ether oxygens (including phenoxy) is 2. The van der Waals surface area contributed by atoms with Crippen LogP contribution in [0.1, 0.15) is 11.1 Å². The van der Waals surface area contributed by atoms with Crippen molar-refractivity contribution in [1.29, 1.82) is 0 Å². The summed E-state index contributed by atoms with van der Waals surface area (Å²) in [6.07, 6.45) is 0. The van der Waals surface area contributed by atoms with Gasteiger partial charge in [0.25, 0.3) is 0 Å². The van der Waals surface area contributed by atoms with Gasteiger partial charge >= 0.3 is 11.9 Å². The molecule has 0 atom stereocenters.